The fourth-order valence-corrected chi connectivity index (χ4v) is 5.04. The minimum absolute atomic E-state index is 0.0132. The van der Waals surface area contributed by atoms with Gasteiger partial charge in [-0.05, 0) is 37.5 Å². The summed E-state index contributed by atoms with van der Waals surface area (Å²) in [7, 11) is -3.91. The van der Waals surface area contributed by atoms with Crippen molar-refractivity contribution in [3.05, 3.63) is 71.5 Å². The summed E-state index contributed by atoms with van der Waals surface area (Å²) in [6.07, 6.45) is 5.23. The number of pyridine rings is 1. The smallest absolute Gasteiger partial charge is 0.271 e. The monoisotopic (exact) mass is 409 g/mol. The molecule has 0 spiro atoms. The van der Waals surface area contributed by atoms with E-state index in [1.807, 2.05) is 25.1 Å². The van der Waals surface area contributed by atoms with E-state index in [9.17, 15) is 13.2 Å². The highest BCUT2D eigenvalue weighted by atomic mass is 32.2. The summed E-state index contributed by atoms with van der Waals surface area (Å²) < 4.78 is 23.9. The molecule has 1 saturated carbocycles. The zero-order chi connectivity index (χ0) is 20.6. The maximum atomic E-state index is 13.3. The van der Waals surface area contributed by atoms with Crippen molar-refractivity contribution >= 4 is 26.7 Å². The van der Waals surface area contributed by atoms with Crippen molar-refractivity contribution in [1.82, 2.24) is 10.3 Å². The van der Waals surface area contributed by atoms with E-state index in [0.29, 0.717) is 10.8 Å². The van der Waals surface area contributed by atoms with Gasteiger partial charge in [0.05, 0.1) is 10.4 Å². The average Bonchev–Trinajstić information content (AvgIpc) is 3.16. The summed E-state index contributed by atoms with van der Waals surface area (Å²) in [6, 6.07) is 14.5. The minimum atomic E-state index is -3.91. The molecule has 3 N–H and O–H groups in total. The number of hydrogen-bond donors (Lipinski definition) is 2. The number of aromatic nitrogens is 1. The molecule has 0 radical (unpaired) electrons. The Morgan fingerprint density at radius 3 is 2.48 bits per heavy atom. The van der Waals surface area contributed by atoms with E-state index in [1.165, 1.54) is 12.3 Å². The number of nitrogens with one attached hydrogen (secondary N) is 1. The van der Waals surface area contributed by atoms with Gasteiger partial charge in [0, 0.05) is 17.0 Å². The molecule has 0 unspecified atom stereocenters. The molecule has 0 saturated heterocycles. The van der Waals surface area contributed by atoms with Crippen LogP contribution < -0.4 is 10.5 Å². The molecule has 0 atom stereocenters. The van der Waals surface area contributed by atoms with Gasteiger partial charge in [0.15, 0.2) is 0 Å². The van der Waals surface area contributed by atoms with Crippen LogP contribution in [0.2, 0.25) is 0 Å². The molecular weight excluding hydrogens is 386 g/mol. The van der Waals surface area contributed by atoms with Gasteiger partial charge >= 0.3 is 0 Å². The second-order valence-electron chi connectivity index (χ2n) is 7.67. The fourth-order valence-electron chi connectivity index (χ4n) is 4.29. The Labute approximate surface area is 170 Å². The molecule has 150 valence electrons. The first-order chi connectivity index (χ1) is 13.8. The lowest BCUT2D eigenvalue weighted by atomic mass is 9.87. The molecule has 2 aromatic carbocycles. The van der Waals surface area contributed by atoms with Crippen LogP contribution in [0.1, 0.15) is 47.3 Å². The fraction of sp³-hybridized carbons (Fsp3) is 0.273. The predicted octanol–water partition coefficient (Wildman–Crippen LogP) is 3.39. The lowest BCUT2D eigenvalue weighted by molar-refractivity contribution is 0.0895. The highest BCUT2D eigenvalue weighted by Gasteiger charge is 2.37. The number of aryl methyl sites for hydroxylation is 1. The number of carbonyl (C=O) groups excluding carboxylic acids is 1. The standard InChI is InChI=1S/C22H23N3O3S/c1-15-6-4-7-16(14-15)22(11-2-3-12-22)25-21(26)20-18-8-5-9-19(29(23,27)28)17(18)10-13-24-20/h4-10,13-14H,2-3,11-12H2,1H3,(H,25,26)(H2,23,27,28). The molecule has 0 aliphatic heterocycles. The number of primary sulfonamides is 1. The largest absolute Gasteiger partial charge is 0.341 e. The van der Waals surface area contributed by atoms with Gasteiger partial charge in [-0.1, -0.05) is 54.8 Å². The predicted molar refractivity (Wildman–Crippen MR) is 112 cm³/mol. The SMILES string of the molecule is Cc1cccc(C2(NC(=O)c3nccc4c(S(N)(=O)=O)cccc34)CCCC2)c1. The van der Waals surface area contributed by atoms with Crippen LogP contribution in [0, 0.1) is 6.92 Å². The Balaban J connectivity index is 1.78. The zero-order valence-electron chi connectivity index (χ0n) is 16.2. The number of amides is 1. The molecule has 7 heteroatoms. The van der Waals surface area contributed by atoms with Crippen LogP contribution in [0.3, 0.4) is 0 Å². The Morgan fingerprint density at radius 1 is 1.07 bits per heavy atom. The maximum absolute atomic E-state index is 13.3. The van der Waals surface area contributed by atoms with Crippen molar-refractivity contribution in [2.75, 3.05) is 0 Å². The first-order valence-electron chi connectivity index (χ1n) is 9.60. The summed E-state index contributed by atoms with van der Waals surface area (Å²) in [5, 5.41) is 9.43. The minimum Gasteiger partial charge on any atom is -0.341 e. The van der Waals surface area contributed by atoms with Gasteiger partial charge in [0.1, 0.15) is 5.69 Å². The van der Waals surface area contributed by atoms with Gasteiger partial charge in [-0.3, -0.25) is 9.78 Å². The quantitative estimate of drug-likeness (QED) is 0.689. The summed E-state index contributed by atoms with van der Waals surface area (Å²) in [5.41, 5.74) is 2.00. The molecule has 4 rings (SSSR count). The molecule has 29 heavy (non-hydrogen) atoms. The van der Waals surface area contributed by atoms with Crippen LogP contribution in [-0.4, -0.2) is 19.3 Å². The number of rotatable bonds is 4. The number of carbonyl (C=O) groups is 1. The van der Waals surface area contributed by atoms with Crippen LogP contribution >= 0.6 is 0 Å². The van der Waals surface area contributed by atoms with Crippen LogP contribution in [0.15, 0.2) is 59.6 Å². The Hall–Kier alpha value is -2.77. The number of fused-ring (bicyclic) bond motifs is 1. The van der Waals surface area contributed by atoms with Crippen molar-refractivity contribution in [2.24, 2.45) is 5.14 Å². The van der Waals surface area contributed by atoms with Crippen LogP contribution in [0.4, 0.5) is 0 Å². The van der Waals surface area contributed by atoms with Crippen molar-refractivity contribution < 1.29 is 13.2 Å². The van der Waals surface area contributed by atoms with E-state index in [0.717, 1.165) is 36.8 Å². The summed E-state index contributed by atoms with van der Waals surface area (Å²) in [6.45, 7) is 2.04. The van der Waals surface area contributed by atoms with Crippen LogP contribution in [-0.2, 0) is 15.6 Å². The highest BCUT2D eigenvalue weighted by Crippen LogP contribution is 2.39. The van der Waals surface area contributed by atoms with E-state index >= 15 is 0 Å². The van der Waals surface area contributed by atoms with Gasteiger partial charge in [0.2, 0.25) is 10.0 Å². The van der Waals surface area contributed by atoms with Crippen molar-refractivity contribution in [3.8, 4) is 0 Å². The summed E-state index contributed by atoms with van der Waals surface area (Å²) in [4.78, 5) is 17.5. The molecule has 6 nitrogen and oxygen atoms in total. The Bertz CT molecular complexity index is 1200. The molecule has 3 aromatic rings. The number of benzene rings is 2. The molecule has 1 aromatic heterocycles. The lowest BCUT2D eigenvalue weighted by Crippen LogP contribution is -2.44. The third-order valence-corrected chi connectivity index (χ3v) is 6.64. The van der Waals surface area contributed by atoms with Gasteiger partial charge in [-0.2, -0.15) is 0 Å². The first kappa shape index (κ1) is 19.5. The third kappa shape index (κ3) is 3.63. The molecule has 0 bridgehead atoms. The number of hydrogen-bond acceptors (Lipinski definition) is 4. The van der Waals surface area contributed by atoms with Gasteiger partial charge in [0.25, 0.3) is 5.91 Å². The maximum Gasteiger partial charge on any atom is 0.271 e. The first-order valence-corrected chi connectivity index (χ1v) is 11.1. The van der Waals surface area contributed by atoms with Crippen LogP contribution in [0.5, 0.6) is 0 Å². The second kappa shape index (κ2) is 7.24. The average molecular weight is 410 g/mol. The van der Waals surface area contributed by atoms with Crippen molar-refractivity contribution in [3.63, 3.8) is 0 Å². The van der Waals surface area contributed by atoms with E-state index in [-0.39, 0.29) is 16.5 Å². The molecule has 1 aliphatic carbocycles. The van der Waals surface area contributed by atoms with E-state index in [1.54, 1.807) is 18.2 Å². The summed E-state index contributed by atoms with van der Waals surface area (Å²) in [5.74, 6) is -0.314. The number of nitrogens with zero attached hydrogens (tertiary/aromatic N) is 1. The molecule has 1 aliphatic rings. The van der Waals surface area contributed by atoms with Gasteiger partial charge in [-0.15, -0.1) is 0 Å². The number of nitrogens with two attached hydrogens (primary N) is 1. The molecular formula is C22H23N3O3S. The van der Waals surface area contributed by atoms with Crippen molar-refractivity contribution in [2.45, 2.75) is 43.0 Å². The second-order valence-corrected chi connectivity index (χ2v) is 9.20. The Kier molecular flexibility index (Phi) is 4.88. The molecule has 1 amide bonds. The normalized spacial score (nSPS) is 16.1. The summed E-state index contributed by atoms with van der Waals surface area (Å²) >= 11 is 0. The molecule has 1 heterocycles. The third-order valence-electron chi connectivity index (χ3n) is 5.67. The Morgan fingerprint density at radius 2 is 1.79 bits per heavy atom. The van der Waals surface area contributed by atoms with Crippen LogP contribution in [0.25, 0.3) is 10.8 Å². The van der Waals surface area contributed by atoms with Crippen molar-refractivity contribution in [1.29, 1.82) is 0 Å². The van der Waals surface area contributed by atoms with Gasteiger partial charge < -0.3 is 5.32 Å². The lowest BCUT2D eigenvalue weighted by Gasteiger charge is -2.31. The van der Waals surface area contributed by atoms with E-state index in [2.05, 4.69) is 16.4 Å². The molecule has 1 fully saturated rings. The van der Waals surface area contributed by atoms with E-state index in [4.69, 9.17) is 5.14 Å². The van der Waals surface area contributed by atoms with E-state index < -0.39 is 15.6 Å². The zero-order valence-corrected chi connectivity index (χ0v) is 17.0. The highest BCUT2D eigenvalue weighted by molar-refractivity contribution is 7.89. The topological polar surface area (TPSA) is 102 Å². The number of sulfonamides is 1. The van der Waals surface area contributed by atoms with Gasteiger partial charge in [-0.25, -0.2) is 13.6 Å².